The highest BCUT2D eigenvalue weighted by molar-refractivity contribution is 5.78. The summed E-state index contributed by atoms with van der Waals surface area (Å²) in [6.45, 7) is 0.498. The van der Waals surface area contributed by atoms with Crippen molar-refractivity contribution in [2.24, 2.45) is 0 Å². The summed E-state index contributed by atoms with van der Waals surface area (Å²) in [5.41, 5.74) is 2.63. The monoisotopic (exact) mass is 276 g/mol. The van der Waals surface area contributed by atoms with Crippen molar-refractivity contribution in [2.75, 3.05) is 6.54 Å². The molecule has 0 atom stereocenters. The molecule has 0 radical (unpaired) electrons. The number of rotatable bonds is 7. The molecule has 2 rings (SSSR count). The average molecular weight is 276 g/mol. The van der Waals surface area contributed by atoms with Gasteiger partial charge in [0.1, 0.15) is 11.0 Å². The van der Waals surface area contributed by atoms with Crippen LogP contribution >= 0.6 is 0 Å². The van der Waals surface area contributed by atoms with Crippen LogP contribution in [0.5, 0.6) is 0 Å². The average Bonchev–Trinajstić information content (AvgIpc) is 2.87. The number of nitrogens with one attached hydrogen (secondary N) is 2. The Morgan fingerprint density at radius 3 is 2.90 bits per heavy atom. The van der Waals surface area contributed by atoms with E-state index in [2.05, 4.69) is 20.7 Å². The zero-order valence-electron chi connectivity index (χ0n) is 10.9. The number of aliphatic carboxylic acids is 1. The highest BCUT2D eigenvalue weighted by Crippen LogP contribution is 2.13. The van der Waals surface area contributed by atoms with Crippen LogP contribution in [-0.2, 0) is 16.0 Å². The molecular weight excluding hydrogens is 260 g/mol. The van der Waals surface area contributed by atoms with Gasteiger partial charge < -0.3 is 10.4 Å². The molecule has 106 valence electrons. The van der Waals surface area contributed by atoms with Gasteiger partial charge in [0.25, 0.3) is 0 Å². The van der Waals surface area contributed by atoms with Crippen LogP contribution in [0, 0.1) is 0 Å². The van der Waals surface area contributed by atoms with Crippen molar-refractivity contribution in [3.8, 4) is 0 Å². The van der Waals surface area contributed by atoms with Crippen molar-refractivity contribution in [2.45, 2.75) is 25.7 Å². The molecule has 3 N–H and O–H groups in total. The minimum Gasteiger partial charge on any atom is -0.481 e. The molecule has 1 amide bonds. The number of carboxylic acid groups (broad SMARTS) is 1. The molecule has 7 nitrogen and oxygen atoms in total. The fraction of sp³-hybridized carbons (Fsp3) is 0.385. The van der Waals surface area contributed by atoms with Gasteiger partial charge in [0.05, 0.1) is 0 Å². The molecule has 0 bridgehead atoms. The lowest BCUT2D eigenvalue weighted by Gasteiger charge is -2.05. The Kier molecular flexibility index (Phi) is 4.65. The lowest BCUT2D eigenvalue weighted by molar-refractivity contribution is -0.137. The number of hydrogen-bond acceptors (Lipinski definition) is 4. The van der Waals surface area contributed by atoms with E-state index in [9.17, 15) is 9.59 Å². The summed E-state index contributed by atoms with van der Waals surface area (Å²) in [4.78, 5) is 21.8. The summed E-state index contributed by atoms with van der Waals surface area (Å²) in [6, 6.07) is 5.71. The SMILES string of the molecule is O=C(O)CCCC(=O)NCCc1cccc2n[nH]nc12. The molecule has 0 unspecified atom stereocenters. The van der Waals surface area contributed by atoms with Crippen LogP contribution in [0.4, 0.5) is 0 Å². The Bertz CT molecular complexity index is 608. The summed E-state index contributed by atoms with van der Waals surface area (Å²) in [7, 11) is 0. The van der Waals surface area contributed by atoms with Gasteiger partial charge in [0, 0.05) is 19.4 Å². The predicted octanol–water partition coefficient (Wildman–Crippen LogP) is 0.871. The number of hydrogen-bond donors (Lipinski definition) is 3. The van der Waals surface area contributed by atoms with E-state index in [0.717, 1.165) is 16.6 Å². The third-order valence-corrected chi connectivity index (χ3v) is 2.94. The second-order valence-corrected chi connectivity index (χ2v) is 4.46. The maximum Gasteiger partial charge on any atom is 0.303 e. The first-order valence-electron chi connectivity index (χ1n) is 6.43. The van der Waals surface area contributed by atoms with Crippen molar-refractivity contribution >= 4 is 22.9 Å². The number of H-pyrrole nitrogens is 1. The van der Waals surface area contributed by atoms with Gasteiger partial charge in [-0.1, -0.05) is 12.1 Å². The van der Waals surface area contributed by atoms with Crippen LogP contribution in [0.2, 0.25) is 0 Å². The van der Waals surface area contributed by atoms with Crippen molar-refractivity contribution in [1.82, 2.24) is 20.7 Å². The number of fused-ring (bicyclic) bond motifs is 1. The van der Waals surface area contributed by atoms with E-state index in [-0.39, 0.29) is 18.7 Å². The number of aromatic nitrogens is 3. The van der Waals surface area contributed by atoms with Crippen LogP contribution < -0.4 is 5.32 Å². The topological polar surface area (TPSA) is 108 Å². The summed E-state index contributed by atoms with van der Waals surface area (Å²) < 4.78 is 0. The van der Waals surface area contributed by atoms with Crippen molar-refractivity contribution < 1.29 is 14.7 Å². The van der Waals surface area contributed by atoms with E-state index in [1.165, 1.54) is 0 Å². The first kappa shape index (κ1) is 14.0. The van der Waals surface area contributed by atoms with Crippen molar-refractivity contribution in [1.29, 1.82) is 0 Å². The molecule has 0 aliphatic rings. The maximum atomic E-state index is 11.5. The van der Waals surface area contributed by atoms with Gasteiger partial charge in [-0.15, -0.1) is 0 Å². The van der Waals surface area contributed by atoms with Gasteiger partial charge in [-0.05, 0) is 24.5 Å². The van der Waals surface area contributed by atoms with Crippen LogP contribution in [0.25, 0.3) is 11.0 Å². The largest absolute Gasteiger partial charge is 0.481 e. The van der Waals surface area contributed by atoms with E-state index in [1.54, 1.807) is 0 Å². The molecule has 1 aromatic carbocycles. The van der Waals surface area contributed by atoms with Gasteiger partial charge in [-0.3, -0.25) is 9.59 Å². The van der Waals surface area contributed by atoms with Gasteiger partial charge in [0.2, 0.25) is 5.91 Å². The molecule has 0 spiro atoms. The van der Waals surface area contributed by atoms with E-state index in [4.69, 9.17) is 5.11 Å². The lowest BCUT2D eigenvalue weighted by Crippen LogP contribution is -2.25. The molecule has 0 fully saturated rings. The first-order chi connectivity index (χ1) is 9.66. The number of nitrogens with zero attached hydrogens (tertiary/aromatic N) is 2. The zero-order chi connectivity index (χ0) is 14.4. The Balaban J connectivity index is 1.77. The summed E-state index contributed by atoms with van der Waals surface area (Å²) in [5, 5.41) is 21.9. The quantitative estimate of drug-likeness (QED) is 0.695. The summed E-state index contributed by atoms with van der Waals surface area (Å²) in [6.07, 6.45) is 1.28. The highest BCUT2D eigenvalue weighted by atomic mass is 16.4. The number of para-hydroxylation sites is 1. The highest BCUT2D eigenvalue weighted by Gasteiger charge is 2.06. The van der Waals surface area contributed by atoms with Gasteiger partial charge in [0.15, 0.2) is 0 Å². The van der Waals surface area contributed by atoms with E-state index >= 15 is 0 Å². The van der Waals surface area contributed by atoms with Crippen molar-refractivity contribution in [3.05, 3.63) is 23.8 Å². The summed E-state index contributed by atoms with van der Waals surface area (Å²) >= 11 is 0. The molecule has 2 aromatic rings. The standard InChI is InChI=1S/C13H16N4O3/c18-11(5-2-6-12(19)20)14-8-7-9-3-1-4-10-13(9)16-17-15-10/h1,3-4H,2,5-8H2,(H,14,18)(H,19,20)(H,15,16,17). The number of carbonyl (C=O) groups excluding carboxylic acids is 1. The molecule has 0 aliphatic heterocycles. The minimum absolute atomic E-state index is 0.0195. The first-order valence-corrected chi connectivity index (χ1v) is 6.43. The van der Waals surface area contributed by atoms with Gasteiger partial charge in [-0.2, -0.15) is 15.4 Å². The van der Waals surface area contributed by atoms with E-state index in [0.29, 0.717) is 19.4 Å². The molecule has 0 aliphatic carbocycles. The third-order valence-electron chi connectivity index (χ3n) is 2.94. The fourth-order valence-electron chi connectivity index (χ4n) is 1.95. The second kappa shape index (κ2) is 6.65. The van der Waals surface area contributed by atoms with Gasteiger partial charge in [-0.25, -0.2) is 0 Å². The molecule has 20 heavy (non-hydrogen) atoms. The normalized spacial score (nSPS) is 10.6. The number of carbonyl (C=O) groups is 2. The maximum absolute atomic E-state index is 11.5. The number of benzene rings is 1. The predicted molar refractivity (Wildman–Crippen MR) is 72.1 cm³/mol. The Labute approximate surface area is 115 Å². The van der Waals surface area contributed by atoms with Crippen LogP contribution in [0.3, 0.4) is 0 Å². The van der Waals surface area contributed by atoms with E-state index in [1.807, 2.05) is 18.2 Å². The zero-order valence-corrected chi connectivity index (χ0v) is 10.9. The molecule has 1 heterocycles. The van der Waals surface area contributed by atoms with Gasteiger partial charge >= 0.3 is 5.97 Å². The lowest BCUT2D eigenvalue weighted by atomic mass is 10.1. The van der Waals surface area contributed by atoms with Crippen LogP contribution in [0.15, 0.2) is 18.2 Å². The Morgan fingerprint density at radius 2 is 2.10 bits per heavy atom. The fourth-order valence-corrected chi connectivity index (χ4v) is 1.95. The third kappa shape index (κ3) is 3.78. The number of carboxylic acids is 1. The Hall–Kier alpha value is -2.44. The molecule has 1 aromatic heterocycles. The number of aromatic amines is 1. The second-order valence-electron chi connectivity index (χ2n) is 4.46. The van der Waals surface area contributed by atoms with E-state index < -0.39 is 5.97 Å². The minimum atomic E-state index is -0.879. The molecule has 0 saturated heterocycles. The Morgan fingerprint density at radius 1 is 1.25 bits per heavy atom. The molecule has 0 saturated carbocycles. The molecular formula is C13H16N4O3. The molecule has 7 heteroatoms. The van der Waals surface area contributed by atoms with Crippen LogP contribution in [-0.4, -0.2) is 38.9 Å². The number of amides is 1. The summed E-state index contributed by atoms with van der Waals surface area (Å²) in [5.74, 6) is -1.01. The van der Waals surface area contributed by atoms with Crippen molar-refractivity contribution in [3.63, 3.8) is 0 Å². The smallest absolute Gasteiger partial charge is 0.303 e. The van der Waals surface area contributed by atoms with Crippen LogP contribution in [0.1, 0.15) is 24.8 Å².